The fourth-order valence-electron chi connectivity index (χ4n) is 2.32. The van der Waals surface area contributed by atoms with Crippen LogP contribution in [0.4, 0.5) is 5.82 Å². The molecule has 0 amide bonds. The number of hydrazone groups is 1. The molecule has 0 saturated heterocycles. The highest BCUT2D eigenvalue weighted by Crippen LogP contribution is 2.19. The summed E-state index contributed by atoms with van der Waals surface area (Å²) in [4.78, 5) is 8.84. The predicted octanol–water partition coefficient (Wildman–Crippen LogP) is 3.91. The van der Waals surface area contributed by atoms with Gasteiger partial charge < -0.3 is 4.74 Å². The molecule has 2 aromatic carbocycles. The average Bonchev–Trinajstić information content (AvgIpc) is 2.62. The Hall–Kier alpha value is -3.21. The van der Waals surface area contributed by atoms with Crippen LogP contribution in [0.5, 0.6) is 5.75 Å². The molecule has 0 spiro atoms. The van der Waals surface area contributed by atoms with Crippen LogP contribution < -0.4 is 10.2 Å². The lowest BCUT2D eigenvalue weighted by atomic mass is 10.1. The van der Waals surface area contributed by atoms with Crippen molar-refractivity contribution in [1.82, 2.24) is 9.97 Å². The molecule has 0 unspecified atom stereocenters. The van der Waals surface area contributed by atoms with Gasteiger partial charge in [-0.15, -0.1) is 0 Å². The van der Waals surface area contributed by atoms with Crippen LogP contribution in [0.3, 0.4) is 0 Å². The summed E-state index contributed by atoms with van der Waals surface area (Å²) in [7, 11) is 1.64. The van der Waals surface area contributed by atoms with Crippen molar-refractivity contribution in [3.8, 4) is 17.0 Å². The van der Waals surface area contributed by atoms with Gasteiger partial charge in [0.25, 0.3) is 0 Å². The monoisotopic (exact) mass is 318 g/mol. The third-order valence-electron chi connectivity index (χ3n) is 3.43. The van der Waals surface area contributed by atoms with Gasteiger partial charge in [-0.1, -0.05) is 42.5 Å². The summed E-state index contributed by atoms with van der Waals surface area (Å²) in [6, 6.07) is 19.5. The Morgan fingerprint density at radius 3 is 2.54 bits per heavy atom. The number of nitrogens with one attached hydrogen (secondary N) is 1. The maximum Gasteiger partial charge on any atom is 0.150 e. The molecule has 0 bridgehead atoms. The number of aromatic nitrogens is 2. The first-order chi connectivity index (χ1) is 11.8. The SMILES string of the molecule is COc1ccccc1C=NNc1cc(-c2ccccc2)nc(C)n1. The van der Waals surface area contributed by atoms with Gasteiger partial charge in [0, 0.05) is 17.2 Å². The van der Waals surface area contributed by atoms with Crippen molar-refractivity contribution in [3.05, 3.63) is 72.1 Å². The number of hydrogen-bond donors (Lipinski definition) is 1. The fourth-order valence-corrected chi connectivity index (χ4v) is 2.32. The van der Waals surface area contributed by atoms with Crippen LogP contribution in [0, 0.1) is 6.92 Å². The van der Waals surface area contributed by atoms with Crippen molar-refractivity contribution in [2.45, 2.75) is 6.92 Å². The topological polar surface area (TPSA) is 59.4 Å². The van der Waals surface area contributed by atoms with Gasteiger partial charge >= 0.3 is 0 Å². The van der Waals surface area contributed by atoms with Gasteiger partial charge in [-0.2, -0.15) is 5.10 Å². The van der Waals surface area contributed by atoms with Crippen LogP contribution in [0.2, 0.25) is 0 Å². The fraction of sp³-hybridized carbons (Fsp3) is 0.105. The van der Waals surface area contributed by atoms with E-state index >= 15 is 0 Å². The Labute approximate surface area is 141 Å². The molecule has 0 aliphatic heterocycles. The zero-order valence-corrected chi connectivity index (χ0v) is 13.6. The standard InChI is InChI=1S/C19H18N4O/c1-14-21-17(15-8-4-3-5-9-15)12-19(22-14)23-20-13-16-10-6-7-11-18(16)24-2/h3-13H,1-2H3,(H,21,22,23). The maximum atomic E-state index is 5.30. The molecule has 120 valence electrons. The molecule has 0 fully saturated rings. The summed E-state index contributed by atoms with van der Waals surface area (Å²) < 4.78 is 5.30. The van der Waals surface area contributed by atoms with E-state index in [-0.39, 0.29) is 0 Å². The first-order valence-corrected chi connectivity index (χ1v) is 7.59. The van der Waals surface area contributed by atoms with Crippen LogP contribution in [-0.4, -0.2) is 23.3 Å². The third-order valence-corrected chi connectivity index (χ3v) is 3.43. The van der Waals surface area contributed by atoms with E-state index in [1.807, 2.05) is 67.6 Å². The van der Waals surface area contributed by atoms with E-state index < -0.39 is 0 Å². The molecule has 1 N–H and O–H groups in total. The number of anilines is 1. The number of aryl methyl sites for hydroxylation is 1. The van der Waals surface area contributed by atoms with Crippen molar-refractivity contribution >= 4 is 12.0 Å². The second-order valence-electron chi connectivity index (χ2n) is 5.16. The Morgan fingerprint density at radius 2 is 1.75 bits per heavy atom. The Balaban J connectivity index is 1.81. The van der Waals surface area contributed by atoms with Crippen LogP contribution in [-0.2, 0) is 0 Å². The summed E-state index contributed by atoms with van der Waals surface area (Å²) in [5.74, 6) is 2.10. The molecule has 5 heteroatoms. The smallest absolute Gasteiger partial charge is 0.150 e. The van der Waals surface area contributed by atoms with E-state index in [4.69, 9.17) is 4.74 Å². The minimum atomic E-state index is 0.646. The second-order valence-corrected chi connectivity index (χ2v) is 5.16. The normalized spacial score (nSPS) is 10.8. The van der Waals surface area contributed by atoms with E-state index in [1.165, 1.54) is 0 Å². The number of nitrogens with zero attached hydrogens (tertiary/aromatic N) is 3. The molecule has 0 atom stereocenters. The van der Waals surface area contributed by atoms with Crippen molar-refractivity contribution in [1.29, 1.82) is 0 Å². The van der Waals surface area contributed by atoms with Gasteiger partial charge in [0.05, 0.1) is 19.0 Å². The molecular weight excluding hydrogens is 300 g/mol. The zero-order chi connectivity index (χ0) is 16.8. The van der Waals surface area contributed by atoms with Crippen LogP contribution >= 0.6 is 0 Å². The molecule has 0 radical (unpaired) electrons. The lowest BCUT2D eigenvalue weighted by molar-refractivity contribution is 0.414. The average molecular weight is 318 g/mol. The van der Waals surface area contributed by atoms with Crippen molar-refractivity contribution in [2.75, 3.05) is 12.5 Å². The van der Waals surface area contributed by atoms with Crippen LogP contribution in [0.15, 0.2) is 65.8 Å². The largest absolute Gasteiger partial charge is 0.496 e. The lowest BCUT2D eigenvalue weighted by Crippen LogP contribution is -1.99. The zero-order valence-electron chi connectivity index (χ0n) is 13.6. The molecule has 5 nitrogen and oxygen atoms in total. The summed E-state index contributed by atoms with van der Waals surface area (Å²) in [5, 5.41) is 4.25. The summed E-state index contributed by atoms with van der Waals surface area (Å²) in [6.07, 6.45) is 1.71. The Bertz CT molecular complexity index is 847. The minimum absolute atomic E-state index is 0.646. The van der Waals surface area contributed by atoms with Crippen LogP contribution in [0.1, 0.15) is 11.4 Å². The number of ether oxygens (including phenoxy) is 1. The number of methoxy groups -OCH3 is 1. The highest BCUT2D eigenvalue weighted by molar-refractivity contribution is 5.83. The summed E-state index contributed by atoms with van der Waals surface area (Å²) >= 11 is 0. The quantitative estimate of drug-likeness (QED) is 0.572. The molecule has 0 aliphatic rings. The molecule has 1 aromatic heterocycles. The number of rotatable bonds is 5. The molecular formula is C19H18N4O. The van der Waals surface area contributed by atoms with Crippen molar-refractivity contribution in [2.24, 2.45) is 5.10 Å². The van der Waals surface area contributed by atoms with Gasteiger partial charge in [-0.25, -0.2) is 9.97 Å². The first kappa shape index (κ1) is 15.7. The summed E-state index contributed by atoms with van der Waals surface area (Å²) in [5.41, 5.74) is 5.75. The molecule has 1 heterocycles. The molecule has 3 aromatic rings. The Morgan fingerprint density at radius 1 is 1.00 bits per heavy atom. The lowest BCUT2D eigenvalue weighted by Gasteiger charge is -2.06. The highest BCUT2D eigenvalue weighted by atomic mass is 16.5. The van der Waals surface area contributed by atoms with E-state index in [1.54, 1.807) is 13.3 Å². The first-order valence-electron chi connectivity index (χ1n) is 7.59. The highest BCUT2D eigenvalue weighted by Gasteiger charge is 2.04. The third kappa shape index (κ3) is 3.76. The number of para-hydroxylation sites is 1. The van der Waals surface area contributed by atoms with Gasteiger partial charge in [0.1, 0.15) is 17.4 Å². The van der Waals surface area contributed by atoms with Crippen LogP contribution in [0.25, 0.3) is 11.3 Å². The Kier molecular flexibility index (Phi) is 4.81. The molecule has 0 saturated carbocycles. The number of benzene rings is 2. The molecule has 0 aliphatic carbocycles. The van der Waals surface area contributed by atoms with Gasteiger partial charge in [-0.05, 0) is 19.1 Å². The predicted molar refractivity (Wildman–Crippen MR) is 96.4 cm³/mol. The number of hydrogen-bond acceptors (Lipinski definition) is 5. The molecule has 24 heavy (non-hydrogen) atoms. The minimum Gasteiger partial charge on any atom is -0.496 e. The van der Waals surface area contributed by atoms with Gasteiger partial charge in [0.15, 0.2) is 0 Å². The van der Waals surface area contributed by atoms with Gasteiger partial charge in [-0.3, -0.25) is 5.43 Å². The second kappa shape index (κ2) is 7.37. The van der Waals surface area contributed by atoms with E-state index in [0.717, 1.165) is 22.6 Å². The van der Waals surface area contributed by atoms with E-state index in [2.05, 4.69) is 20.5 Å². The van der Waals surface area contributed by atoms with Crippen molar-refractivity contribution < 1.29 is 4.74 Å². The van der Waals surface area contributed by atoms with E-state index in [0.29, 0.717) is 11.6 Å². The molecule has 3 rings (SSSR count). The summed E-state index contributed by atoms with van der Waals surface area (Å²) in [6.45, 7) is 1.86. The van der Waals surface area contributed by atoms with Crippen molar-refractivity contribution in [3.63, 3.8) is 0 Å². The van der Waals surface area contributed by atoms with Gasteiger partial charge in [0.2, 0.25) is 0 Å². The van der Waals surface area contributed by atoms with E-state index in [9.17, 15) is 0 Å². The maximum absolute atomic E-state index is 5.30.